The Morgan fingerprint density at radius 2 is 1.67 bits per heavy atom. The number of alkyl halides is 3. The Labute approximate surface area is 186 Å². The number of anilines is 1. The number of nitrogens with zero attached hydrogens (tertiary/aromatic N) is 4. The van der Waals surface area contributed by atoms with Crippen LogP contribution in [-0.4, -0.2) is 41.0 Å². The molecule has 174 valence electrons. The summed E-state index contributed by atoms with van der Waals surface area (Å²) in [6.07, 6.45) is -3.89. The van der Waals surface area contributed by atoms with E-state index < -0.39 is 44.6 Å². The van der Waals surface area contributed by atoms with Crippen LogP contribution in [0.15, 0.2) is 35.2 Å². The predicted octanol–water partition coefficient (Wildman–Crippen LogP) is 3.66. The summed E-state index contributed by atoms with van der Waals surface area (Å²) in [4.78, 5) is 12.9. The van der Waals surface area contributed by atoms with Gasteiger partial charge in [-0.15, -0.1) is 15.3 Å². The summed E-state index contributed by atoms with van der Waals surface area (Å²) in [6, 6.07) is 6.89. The number of sulfone groups is 1. The van der Waals surface area contributed by atoms with Gasteiger partial charge in [-0.25, -0.2) is 8.42 Å². The smallest absolute Gasteiger partial charge is 0.416 e. The number of amides is 1. The third-order valence-corrected chi connectivity index (χ3v) is 5.57. The summed E-state index contributed by atoms with van der Waals surface area (Å²) in [7, 11) is -3.58. The molecule has 0 atom stereocenters. The molecule has 0 bridgehead atoms. The van der Waals surface area contributed by atoms with Crippen molar-refractivity contribution >= 4 is 21.4 Å². The zero-order valence-electron chi connectivity index (χ0n) is 17.9. The molecule has 0 saturated carbocycles. The van der Waals surface area contributed by atoms with Crippen LogP contribution in [0.2, 0.25) is 0 Å². The van der Waals surface area contributed by atoms with E-state index in [0.29, 0.717) is 11.3 Å². The van der Waals surface area contributed by atoms with Gasteiger partial charge in [-0.1, -0.05) is 6.07 Å². The lowest BCUT2D eigenvalue weighted by Crippen LogP contribution is -2.21. The Kier molecular flexibility index (Phi) is 6.36. The minimum absolute atomic E-state index is 0.0463. The first kappa shape index (κ1) is 24.0. The minimum Gasteiger partial charge on any atom is -0.416 e. The van der Waals surface area contributed by atoms with Gasteiger partial charge in [0.05, 0.1) is 10.6 Å². The summed E-state index contributed by atoms with van der Waals surface area (Å²) < 4.78 is 69.3. The highest BCUT2D eigenvalue weighted by Crippen LogP contribution is 2.35. The topological polar surface area (TPSA) is 124 Å². The van der Waals surface area contributed by atoms with Crippen LogP contribution in [0.4, 0.5) is 18.9 Å². The molecule has 9 nitrogen and oxygen atoms in total. The van der Waals surface area contributed by atoms with Crippen LogP contribution < -0.4 is 10.1 Å². The van der Waals surface area contributed by atoms with E-state index in [4.69, 9.17) is 4.74 Å². The normalized spacial score (nSPS) is 11.8. The molecule has 3 aromatic rings. The number of ether oxygens (including phenoxy) is 1. The zero-order valence-corrected chi connectivity index (χ0v) is 18.7. The van der Waals surface area contributed by atoms with E-state index in [0.717, 1.165) is 13.2 Å². The number of carbonyl (C=O) groups is 1. The third kappa shape index (κ3) is 5.42. The lowest BCUT2D eigenvalue weighted by atomic mass is 10.1. The molecule has 0 aliphatic heterocycles. The van der Waals surface area contributed by atoms with Gasteiger partial charge in [-0.2, -0.15) is 18.3 Å². The highest BCUT2D eigenvalue weighted by atomic mass is 32.2. The molecule has 13 heteroatoms. The van der Waals surface area contributed by atoms with Gasteiger partial charge >= 0.3 is 6.18 Å². The predicted molar refractivity (Wildman–Crippen MR) is 111 cm³/mol. The fourth-order valence-electron chi connectivity index (χ4n) is 2.91. The number of benzene rings is 1. The van der Waals surface area contributed by atoms with Crippen molar-refractivity contribution in [1.29, 1.82) is 0 Å². The van der Waals surface area contributed by atoms with E-state index in [2.05, 4.69) is 25.7 Å². The number of carbonyl (C=O) groups excluding carboxylic acids is 1. The summed E-state index contributed by atoms with van der Waals surface area (Å²) in [5.41, 5.74) is -1.29. The van der Waals surface area contributed by atoms with Gasteiger partial charge in [0.1, 0.15) is 5.56 Å². The van der Waals surface area contributed by atoms with E-state index in [-0.39, 0.29) is 16.5 Å². The van der Waals surface area contributed by atoms with Crippen molar-refractivity contribution in [2.24, 2.45) is 0 Å². The third-order valence-electron chi connectivity index (χ3n) is 4.46. The molecule has 0 radical (unpaired) electrons. The Morgan fingerprint density at radius 1 is 1.00 bits per heavy atom. The average molecular weight is 481 g/mol. The van der Waals surface area contributed by atoms with Crippen LogP contribution in [0.1, 0.15) is 32.9 Å². The monoisotopic (exact) mass is 481 g/mol. The minimum atomic E-state index is -4.87. The van der Waals surface area contributed by atoms with Gasteiger partial charge in [0.25, 0.3) is 11.8 Å². The van der Waals surface area contributed by atoms with Crippen LogP contribution in [0.5, 0.6) is 11.8 Å². The summed E-state index contributed by atoms with van der Waals surface area (Å²) >= 11 is 0. The number of hydrogen-bond donors (Lipinski definition) is 1. The van der Waals surface area contributed by atoms with Crippen molar-refractivity contribution in [1.82, 2.24) is 20.4 Å². The second kappa shape index (κ2) is 8.73. The van der Waals surface area contributed by atoms with Gasteiger partial charge in [0.2, 0.25) is 5.88 Å². The van der Waals surface area contributed by atoms with Crippen molar-refractivity contribution in [3.63, 3.8) is 0 Å². The molecule has 0 aliphatic carbocycles. The SMILES string of the molecule is Cc1cc(C)c(Oc2nnc(C(F)(F)F)c(C)c2C(=O)Nc2cccc(S(C)(=O)=O)c2)nn1. The van der Waals surface area contributed by atoms with E-state index in [1.165, 1.54) is 24.3 Å². The quantitative estimate of drug-likeness (QED) is 0.586. The maximum Gasteiger partial charge on any atom is 0.435 e. The molecule has 3 rings (SSSR count). The lowest BCUT2D eigenvalue weighted by molar-refractivity contribution is -0.142. The summed E-state index contributed by atoms with van der Waals surface area (Å²) in [6.45, 7) is 4.38. The molecule has 2 aromatic heterocycles. The van der Waals surface area contributed by atoms with Crippen molar-refractivity contribution < 1.29 is 31.1 Å². The fraction of sp³-hybridized carbons (Fsp3) is 0.250. The molecule has 1 N–H and O–H groups in total. The molecule has 1 aromatic carbocycles. The zero-order chi connectivity index (χ0) is 24.6. The van der Waals surface area contributed by atoms with Gasteiger partial charge in [0.15, 0.2) is 15.5 Å². The fourth-order valence-corrected chi connectivity index (χ4v) is 3.57. The second-order valence-corrected chi connectivity index (χ2v) is 9.20. The first-order valence-corrected chi connectivity index (χ1v) is 11.2. The molecular formula is C20H18F3N5O4S. The van der Waals surface area contributed by atoms with Gasteiger partial charge < -0.3 is 10.1 Å². The molecule has 0 unspecified atom stereocenters. The Bertz CT molecular complexity index is 1340. The van der Waals surface area contributed by atoms with Crippen LogP contribution in [-0.2, 0) is 16.0 Å². The van der Waals surface area contributed by atoms with Crippen LogP contribution in [0.25, 0.3) is 0 Å². The van der Waals surface area contributed by atoms with E-state index in [1.54, 1.807) is 19.9 Å². The van der Waals surface area contributed by atoms with Gasteiger partial charge in [-0.3, -0.25) is 4.79 Å². The van der Waals surface area contributed by atoms with Crippen molar-refractivity contribution in [3.8, 4) is 11.8 Å². The van der Waals surface area contributed by atoms with Crippen molar-refractivity contribution in [2.45, 2.75) is 31.8 Å². The Hall–Kier alpha value is -3.61. The van der Waals surface area contributed by atoms with E-state index in [9.17, 15) is 26.4 Å². The van der Waals surface area contributed by atoms with Gasteiger partial charge in [-0.05, 0) is 50.6 Å². The number of rotatable bonds is 5. The first-order chi connectivity index (χ1) is 15.3. The van der Waals surface area contributed by atoms with Gasteiger partial charge in [0, 0.05) is 17.5 Å². The molecule has 1 amide bonds. The van der Waals surface area contributed by atoms with Crippen LogP contribution in [0.3, 0.4) is 0 Å². The molecule has 0 aliphatic rings. The Balaban J connectivity index is 2.08. The molecule has 33 heavy (non-hydrogen) atoms. The Morgan fingerprint density at radius 3 is 2.27 bits per heavy atom. The summed E-state index contributed by atoms with van der Waals surface area (Å²) in [5, 5.41) is 16.7. The number of hydrogen-bond acceptors (Lipinski definition) is 8. The van der Waals surface area contributed by atoms with E-state index >= 15 is 0 Å². The standard InChI is InChI=1S/C20H18F3N5O4S/c1-10-8-11(2)25-27-18(10)32-19-15(12(3)16(26-28-19)20(21,22)23)17(29)24-13-6-5-7-14(9-13)33(4,30)31/h5-9H,1-4H3,(H,24,29). The number of halogens is 3. The summed E-state index contributed by atoms with van der Waals surface area (Å²) in [5.74, 6) is -1.59. The molecule has 2 heterocycles. The number of aryl methyl sites for hydroxylation is 2. The van der Waals surface area contributed by atoms with Crippen LogP contribution >= 0.6 is 0 Å². The maximum absolute atomic E-state index is 13.4. The molecule has 0 fully saturated rings. The molecule has 0 saturated heterocycles. The van der Waals surface area contributed by atoms with E-state index in [1.807, 2.05) is 0 Å². The average Bonchev–Trinajstić information content (AvgIpc) is 2.68. The number of nitrogens with one attached hydrogen (secondary N) is 1. The largest absolute Gasteiger partial charge is 0.435 e. The lowest BCUT2D eigenvalue weighted by Gasteiger charge is -2.16. The maximum atomic E-state index is 13.4. The highest BCUT2D eigenvalue weighted by molar-refractivity contribution is 7.90. The first-order valence-electron chi connectivity index (χ1n) is 9.32. The van der Waals surface area contributed by atoms with Crippen molar-refractivity contribution in [3.05, 3.63) is 58.4 Å². The van der Waals surface area contributed by atoms with Crippen molar-refractivity contribution in [2.75, 3.05) is 11.6 Å². The molecular weight excluding hydrogens is 463 g/mol. The second-order valence-electron chi connectivity index (χ2n) is 7.18. The molecule has 0 spiro atoms. The van der Waals surface area contributed by atoms with Crippen LogP contribution in [0, 0.1) is 20.8 Å². The number of aromatic nitrogens is 4. The highest BCUT2D eigenvalue weighted by Gasteiger charge is 2.38.